The molecule has 0 aromatic heterocycles. The molecule has 6 nitrogen and oxygen atoms in total. The number of hydrogen-bond acceptors (Lipinski definition) is 5. The molecule has 0 spiro atoms. The third-order valence-electron chi connectivity index (χ3n) is 3.31. The second-order valence-electron chi connectivity index (χ2n) is 5.16. The Hall–Kier alpha value is -3.02. The van der Waals surface area contributed by atoms with Gasteiger partial charge in [0.25, 0.3) is 5.91 Å². The molecule has 0 bridgehead atoms. The molecule has 120 valence electrons. The highest BCUT2D eigenvalue weighted by atomic mass is 16.3. The Morgan fingerprint density at radius 2 is 1.87 bits per heavy atom. The average molecular weight is 313 g/mol. The van der Waals surface area contributed by atoms with Gasteiger partial charge in [-0.05, 0) is 37.1 Å². The number of amides is 1. The number of anilines is 1. The van der Waals surface area contributed by atoms with Crippen LogP contribution in [0.4, 0.5) is 5.69 Å². The van der Waals surface area contributed by atoms with Crippen molar-refractivity contribution in [3.63, 3.8) is 0 Å². The molecule has 6 heteroatoms. The van der Waals surface area contributed by atoms with E-state index in [-0.39, 0.29) is 24.0 Å². The number of aromatic hydroxyl groups is 2. The van der Waals surface area contributed by atoms with Gasteiger partial charge in [0.2, 0.25) is 0 Å². The molecular weight excluding hydrogens is 294 g/mol. The summed E-state index contributed by atoms with van der Waals surface area (Å²) in [6, 6.07) is 10.0. The van der Waals surface area contributed by atoms with E-state index in [0.29, 0.717) is 5.56 Å². The minimum Gasteiger partial charge on any atom is -0.508 e. The Morgan fingerprint density at radius 3 is 2.52 bits per heavy atom. The van der Waals surface area contributed by atoms with Crippen molar-refractivity contribution >= 4 is 17.8 Å². The van der Waals surface area contributed by atoms with E-state index in [0.717, 1.165) is 16.8 Å². The molecule has 0 saturated heterocycles. The molecule has 0 saturated carbocycles. The number of rotatable bonds is 5. The van der Waals surface area contributed by atoms with Gasteiger partial charge in [-0.15, -0.1) is 0 Å². The number of aryl methyl sites for hydroxylation is 2. The number of para-hydroxylation sites is 1. The van der Waals surface area contributed by atoms with E-state index in [4.69, 9.17) is 0 Å². The lowest BCUT2D eigenvalue weighted by atomic mass is 10.1. The second kappa shape index (κ2) is 7.31. The minimum atomic E-state index is -0.304. The van der Waals surface area contributed by atoms with E-state index < -0.39 is 0 Å². The van der Waals surface area contributed by atoms with Crippen LogP contribution < -0.4 is 10.7 Å². The van der Waals surface area contributed by atoms with Gasteiger partial charge in [0.15, 0.2) is 0 Å². The van der Waals surface area contributed by atoms with Crippen LogP contribution in [0.5, 0.6) is 11.5 Å². The number of nitrogens with zero attached hydrogens (tertiary/aromatic N) is 1. The zero-order chi connectivity index (χ0) is 16.8. The van der Waals surface area contributed by atoms with Crippen LogP contribution in [-0.4, -0.2) is 28.9 Å². The second-order valence-corrected chi connectivity index (χ2v) is 5.16. The number of nitrogens with one attached hydrogen (secondary N) is 2. The maximum atomic E-state index is 11.8. The van der Waals surface area contributed by atoms with Gasteiger partial charge in [0.05, 0.1) is 12.8 Å². The van der Waals surface area contributed by atoms with Crippen molar-refractivity contribution in [3.05, 3.63) is 53.1 Å². The monoisotopic (exact) mass is 313 g/mol. The number of carbonyl (C=O) groups is 1. The van der Waals surface area contributed by atoms with Crippen LogP contribution in [0.25, 0.3) is 0 Å². The predicted octanol–water partition coefficient (Wildman–Crippen LogP) is 2.28. The summed E-state index contributed by atoms with van der Waals surface area (Å²) in [6.07, 6.45) is 1.31. The Labute approximate surface area is 134 Å². The van der Waals surface area contributed by atoms with Crippen molar-refractivity contribution in [1.29, 1.82) is 0 Å². The Balaban J connectivity index is 1.89. The zero-order valence-electron chi connectivity index (χ0n) is 13.0. The minimum absolute atomic E-state index is 0.0403. The van der Waals surface area contributed by atoms with Gasteiger partial charge in [-0.25, -0.2) is 5.43 Å². The van der Waals surface area contributed by atoms with Crippen LogP contribution in [0.2, 0.25) is 0 Å². The molecule has 0 fully saturated rings. The summed E-state index contributed by atoms with van der Waals surface area (Å²) >= 11 is 0. The number of phenolic OH excluding ortho intramolecular Hbond substituents is 2. The fraction of sp³-hybridized carbons (Fsp3) is 0.176. The van der Waals surface area contributed by atoms with Gasteiger partial charge in [0, 0.05) is 17.3 Å². The molecular formula is C17H19N3O3. The molecule has 0 radical (unpaired) electrons. The molecule has 0 atom stereocenters. The molecule has 23 heavy (non-hydrogen) atoms. The van der Waals surface area contributed by atoms with Crippen molar-refractivity contribution in [2.24, 2.45) is 5.10 Å². The van der Waals surface area contributed by atoms with Crippen LogP contribution in [0.3, 0.4) is 0 Å². The highest BCUT2D eigenvalue weighted by Crippen LogP contribution is 2.21. The first-order valence-corrected chi connectivity index (χ1v) is 7.11. The molecule has 2 aromatic carbocycles. The van der Waals surface area contributed by atoms with Crippen molar-refractivity contribution in [3.8, 4) is 11.5 Å². The fourth-order valence-electron chi connectivity index (χ4n) is 2.12. The SMILES string of the molecule is Cc1cccc(C)c1NCC(=O)N/N=C/c1ccc(O)cc1O. The molecule has 1 amide bonds. The van der Waals surface area contributed by atoms with E-state index in [9.17, 15) is 15.0 Å². The Bertz CT molecular complexity index is 722. The summed E-state index contributed by atoms with van der Waals surface area (Å²) in [5, 5.41) is 25.6. The number of hydrogen-bond donors (Lipinski definition) is 4. The van der Waals surface area contributed by atoms with Gasteiger partial charge < -0.3 is 15.5 Å². The van der Waals surface area contributed by atoms with Crippen LogP contribution in [-0.2, 0) is 4.79 Å². The highest BCUT2D eigenvalue weighted by Gasteiger charge is 2.04. The smallest absolute Gasteiger partial charge is 0.259 e. The van der Waals surface area contributed by atoms with E-state index >= 15 is 0 Å². The Morgan fingerprint density at radius 1 is 1.17 bits per heavy atom. The Kier molecular flexibility index (Phi) is 5.19. The summed E-state index contributed by atoms with van der Waals surface area (Å²) in [5.41, 5.74) is 5.83. The lowest BCUT2D eigenvalue weighted by molar-refractivity contribution is -0.119. The van der Waals surface area contributed by atoms with Crippen molar-refractivity contribution in [2.45, 2.75) is 13.8 Å². The zero-order valence-corrected chi connectivity index (χ0v) is 13.0. The first kappa shape index (κ1) is 16.4. The van der Waals surface area contributed by atoms with E-state index in [1.54, 1.807) is 0 Å². The predicted molar refractivity (Wildman–Crippen MR) is 89.9 cm³/mol. The molecule has 2 rings (SSSR count). The molecule has 0 aliphatic heterocycles. The summed E-state index contributed by atoms with van der Waals surface area (Å²) in [4.78, 5) is 11.8. The van der Waals surface area contributed by atoms with E-state index in [1.165, 1.54) is 24.4 Å². The van der Waals surface area contributed by atoms with Gasteiger partial charge in [-0.3, -0.25) is 4.79 Å². The number of hydrazone groups is 1. The third-order valence-corrected chi connectivity index (χ3v) is 3.31. The summed E-state index contributed by atoms with van der Waals surface area (Å²) in [7, 11) is 0. The van der Waals surface area contributed by atoms with Crippen molar-refractivity contribution in [2.75, 3.05) is 11.9 Å². The lowest BCUT2D eigenvalue weighted by Gasteiger charge is -2.11. The van der Waals surface area contributed by atoms with E-state index in [2.05, 4.69) is 15.8 Å². The van der Waals surface area contributed by atoms with Gasteiger partial charge in [-0.2, -0.15) is 5.10 Å². The van der Waals surface area contributed by atoms with Gasteiger partial charge >= 0.3 is 0 Å². The van der Waals surface area contributed by atoms with Crippen molar-refractivity contribution in [1.82, 2.24) is 5.43 Å². The van der Waals surface area contributed by atoms with Crippen LogP contribution in [0.1, 0.15) is 16.7 Å². The molecule has 0 heterocycles. The van der Waals surface area contributed by atoms with Crippen LogP contribution in [0.15, 0.2) is 41.5 Å². The molecule has 2 aromatic rings. The maximum Gasteiger partial charge on any atom is 0.259 e. The standard InChI is InChI=1S/C17H19N3O3/c1-11-4-3-5-12(2)17(11)18-10-16(23)20-19-9-13-6-7-14(21)8-15(13)22/h3-9,18,21-22H,10H2,1-2H3,(H,20,23)/b19-9+. The van der Waals surface area contributed by atoms with E-state index in [1.807, 2.05) is 32.0 Å². The van der Waals surface area contributed by atoms with Gasteiger partial charge in [0.1, 0.15) is 11.5 Å². The largest absolute Gasteiger partial charge is 0.508 e. The highest BCUT2D eigenvalue weighted by molar-refractivity contribution is 5.86. The summed E-state index contributed by atoms with van der Waals surface area (Å²) in [5.74, 6) is -0.458. The quantitative estimate of drug-likeness (QED) is 0.503. The summed E-state index contributed by atoms with van der Waals surface area (Å²) < 4.78 is 0. The van der Waals surface area contributed by atoms with Gasteiger partial charge in [-0.1, -0.05) is 18.2 Å². The van der Waals surface area contributed by atoms with Crippen LogP contribution >= 0.6 is 0 Å². The summed E-state index contributed by atoms with van der Waals surface area (Å²) in [6.45, 7) is 4.03. The number of phenols is 2. The average Bonchev–Trinajstić information content (AvgIpc) is 2.49. The third kappa shape index (κ3) is 4.47. The molecule has 4 N–H and O–H groups in total. The maximum absolute atomic E-state index is 11.8. The molecule has 0 unspecified atom stereocenters. The fourth-order valence-corrected chi connectivity index (χ4v) is 2.12. The number of benzene rings is 2. The topological polar surface area (TPSA) is 94.0 Å². The molecule has 0 aliphatic carbocycles. The van der Waals surface area contributed by atoms with Crippen molar-refractivity contribution < 1.29 is 15.0 Å². The normalized spacial score (nSPS) is 10.7. The van der Waals surface area contributed by atoms with Crippen LogP contribution in [0, 0.1) is 13.8 Å². The number of carbonyl (C=O) groups excluding carboxylic acids is 1. The lowest BCUT2D eigenvalue weighted by Crippen LogP contribution is -2.26. The first-order valence-electron chi connectivity index (χ1n) is 7.11. The molecule has 0 aliphatic rings. The first-order chi connectivity index (χ1) is 11.0.